The lowest BCUT2D eigenvalue weighted by molar-refractivity contribution is -0.207. The SMILES string of the molecule is C[C@H](CC[11C](=O)O)[C@H]1CC[C@H]2[C@@H]3[C@H](O)CC4C[C@H](O)CC[C@]4(C)[C@H]3C[C@H](O)[C@]12C. The van der Waals surface area contributed by atoms with Gasteiger partial charge in [0.2, 0.25) is 0 Å². The molecule has 11 atom stereocenters. The van der Waals surface area contributed by atoms with Crippen LogP contribution in [0.3, 0.4) is 0 Å². The van der Waals surface area contributed by atoms with Gasteiger partial charge in [-0.05, 0) is 97.7 Å². The maximum atomic E-state index is 11.5. The number of carboxylic acids is 1. The molecule has 5 heteroatoms. The summed E-state index contributed by atoms with van der Waals surface area (Å²) >= 11 is 0. The number of aliphatic hydroxyl groups is 3. The lowest BCUT2D eigenvalue weighted by Crippen LogP contribution is -2.62. The van der Waals surface area contributed by atoms with E-state index in [0.29, 0.717) is 30.1 Å². The summed E-state index contributed by atoms with van der Waals surface area (Å²) < 4.78 is 0. The molecule has 4 saturated carbocycles. The van der Waals surface area contributed by atoms with Crippen molar-refractivity contribution in [3.8, 4) is 0 Å². The number of rotatable bonds is 4. The fourth-order valence-corrected chi connectivity index (χ4v) is 8.68. The largest absolute Gasteiger partial charge is 0.481 e. The molecule has 4 aliphatic carbocycles. The second-order valence-electron chi connectivity index (χ2n) is 11.4. The van der Waals surface area contributed by atoms with Crippen molar-refractivity contribution in [3.05, 3.63) is 0 Å². The maximum Gasteiger partial charge on any atom is 0.303 e. The zero-order chi connectivity index (χ0) is 21.1. The van der Waals surface area contributed by atoms with Gasteiger partial charge in [-0.15, -0.1) is 0 Å². The third-order valence-corrected chi connectivity index (χ3v) is 10.3. The first-order chi connectivity index (χ1) is 13.6. The van der Waals surface area contributed by atoms with Crippen LogP contribution < -0.4 is 0 Å². The molecule has 4 fully saturated rings. The lowest BCUT2D eigenvalue weighted by Gasteiger charge is -2.63. The zero-order valence-electron chi connectivity index (χ0n) is 18.3. The number of hydrogen-bond acceptors (Lipinski definition) is 4. The second kappa shape index (κ2) is 7.49. The van der Waals surface area contributed by atoms with E-state index in [1.807, 2.05) is 0 Å². The van der Waals surface area contributed by atoms with E-state index in [-0.39, 0.29) is 41.3 Å². The minimum atomic E-state index is -0.748. The number of aliphatic hydroxyl groups excluding tert-OH is 3. The Bertz CT molecular complexity index is 637. The highest BCUT2D eigenvalue weighted by Gasteiger charge is 2.65. The van der Waals surface area contributed by atoms with Crippen molar-refractivity contribution >= 4 is 5.97 Å². The summed E-state index contributed by atoms with van der Waals surface area (Å²) in [6.45, 7) is 6.72. The van der Waals surface area contributed by atoms with Crippen LogP contribution in [0.2, 0.25) is 0 Å². The minimum Gasteiger partial charge on any atom is -0.481 e. The van der Waals surface area contributed by atoms with E-state index in [9.17, 15) is 20.1 Å². The van der Waals surface area contributed by atoms with Gasteiger partial charge in [-0.2, -0.15) is 0 Å². The quantitative estimate of drug-likeness (QED) is 0.572. The lowest BCUT2D eigenvalue weighted by atomic mass is 9.43. The molecule has 0 aromatic rings. The molecule has 0 heterocycles. The molecule has 4 rings (SSSR count). The summed E-state index contributed by atoms with van der Waals surface area (Å²) in [5.74, 6) is 0.997. The maximum absolute atomic E-state index is 11.5. The molecular formula is C24H40O5. The topological polar surface area (TPSA) is 98.0 Å². The summed E-state index contributed by atoms with van der Waals surface area (Å²) in [6.07, 6.45) is 6.00. The van der Waals surface area contributed by atoms with Gasteiger partial charge >= 0.3 is 5.97 Å². The van der Waals surface area contributed by atoms with Crippen molar-refractivity contribution < 1.29 is 25.2 Å². The van der Waals surface area contributed by atoms with E-state index in [1.54, 1.807) is 0 Å². The van der Waals surface area contributed by atoms with Crippen LogP contribution in [0.5, 0.6) is 0 Å². The minimum absolute atomic E-state index is 0.0957. The zero-order valence-corrected chi connectivity index (χ0v) is 18.3. The van der Waals surface area contributed by atoms with E-state index in [1.165, 1.54) is 0 Å². The molecule has 0 aliphatic heterocycles. The number of aliphatic carboxylic acids is 1. The predicted octanol–water partition coefficient (Wildman–Crippen LogP) is 3.45. The standard InChI is InChI=1S/C24H40O5/c1-13(4-7-21(28)29)16-5-6-17-22-18(12-20(27)24(16,17)3)23(2)9-8-15(25)10-14(23)11-19(22)26/h13-20,22,25-27H,4-12H2,1-3H3,(H,28,29)/t13-,14?,15-,16-,17+,18+,19-,20+,22+,23+,24-/m1/s1/i21-1. The fourth-order valence-electron chi connectivity index (χ4n) is 8.68. The fraction of sp³-hybridized carbons (Fsp3) is 0.958. The third-order valence-electron chi connectivity index (χ3n) is 10.3. The van der Waals surface area contributed by atoms with E-state index in [4.69, 9.17) is 5.11 Å². The van der Waals surface area contributed by atoms with Crippen molar-refractivity contribution in [2.24, 2.45) is 46.3 Å². The first kappa shape index (κ1) is 21.6. The molecule has 5 nitrogen and oxygen atoms in total. The molecule has 4 aliphatic rings. The van der Waals surface area contributed by atoms with Crippen LogP contribution in [0.15, 0.2) is 0 Å². The monoisotopic (exact) mass is 407 g/mol. The van der Waals surface area contributed by atoms with Crippen LogP contribution in [0.25, 0.3) is 0 Å². The Hall–Kier alpha value is -0.650. The van der Waals surface area contributed by atoms with Crippen LogP contribution in [0.4, 0.5) is 0 Å². The van der Waals surface area contributed by atoms with Gasteiger partial charge < -0.3 is 20.4 Å². The highest BCUT2D eigenvalue weighted by atomic mass is 16.3. The average Bonchev–Trinajstić information content (AvgIpc) is 3.01. The molecule has 4 N–H and O–H groups in total. The molecule has 0 radical (unpaired) electrons. The summed E-state index contributed by atoms with van der Waals surface area (Å²) in [5.41, 5.74) is -0.143. The van der Waals surface area contributed by atoms with Crippen LogP contribution in [0, 0.1) is 46.3 Å². The Labute approximate surface area is 174 Å². The van der Waals surface area contributed by atoms with E-state index >= 15 is 0 Å². The van der Waals surface area contributed by atoms with Gasteiger partial charge in [0.25, 0.3) is 0 Å². The van der Waals surface area contributed by atoms with Crippen molar-refractivity contribution in [2.45, 2.75) is 96.9 Å². The van der Waals surface area contributed by atoms with E-state index < -0.39 is 12.1 Å². The predicted molar refractivity (Wildman–Crippen MR) is 110 cm³/mol. The highest BCUT2D eigenvalue weighted by Crippen LogP contribution is 2.68. The molecule has 0 spiro atoms. The van der Waals surface area contributed by atoms with E-state index in [2.05, 4.69) is 20.8 Å². The first-order valence-corrected chi connectivity index (χ1v) is 11.8. The highest BCUT2D eigenvalue weighted by molar-refractivity contribution is 5.66. The van der Waals surface area contributed by atoms with Gasteiger partial charge in [-0.1, -0.05) is 20.8 Å². The molecule has 0 saturated heterocycles. The van der Waals surface area contributed by atoms with Gasteiger partial charge in [-0.3, -0.25) is 4.79 Å². The van der Waals surface area contributed by atoms with Gasteiger partial charge in [0.15, 0.2) is 0 Å². The summed E-state index contributed by atoms with van der Waals surface area (Å²) in [6, 6.07) is 0. The molecule has 1 unspecified atom stereocenters. The normalized spacial score (nSPS) is 52.9. The van der Waals surface area contributed by atoms with Crippen LogP contribution >= 0.6 is 0 Å². The van der Waals surface area contributed by atoms with Gasteiger partial charge in [0, 0.05) is 6.42 Å². The molecule has 166 valence electrons. The Morgan fingerprint density at radius 2 is 1.76 bits per heavy atom. The van der Waals surface area contributed by atoms with Crippen molar-refractivity contribution in [1.29, 1.82) is 0 Å². The second-order valence-corrected chi connectivity index (χ2v) is 11.4. The summed E-state index contributed by atoms with van der Waals surface area (Å²) in [4.78, 5) is 11.1. The van der Waals surface area contributed by atoms with Crippen LogP contribution in [-0.4, -0.2) is 44.7 Å². The van der Waals surface area contributed by atoms with Crippen molar-refractivity contribution in [2.75, 3.05) is 0 Å². The summed E-state index contributed by atoms with van der Waals surface area (Å²) in [5, 5.41) is 42.0. The molecule has 0 amide bonds. The van der Waals surface area contributed by atoms with Crippen LogP contribution in [-0.2, 0) is 4.79 Å². The first-order valence-electron chi connectivity index (χ1n) is 11.8. The number of carboxylic acid groups (broad SMARTS) is 1. The van der Waals surface area contributed by atoms with Gasteiger partial charge in [-0.25, -0.2) is 0 Å². The Morgan fingerprint density at radius 3 is 2.45 bits per heavy atom. The van der Waals surface area contributed by atoms with Gasteiger partial charge in [0.05, 0.1) is 18.3 Å². The third kappa shape index (κ3) is 3.27. The number of hydrogen-bond donors (Lipinski definition) is 4. The number of fused-ring (bicyclic) bond motifs is 5. The van der Waals surface area contributed by atoms with Gasteiger partial charge in [0.1, 0.15) is 0 Å². The van der Waals surface area contributed by atoms with Crippen LogP contribution in [0.1, 0.15) is 78.6 Å². The Kier molecular flexibility index (Phi) is 5.57. The van der Waals surface area contributed by atoms with Crippen molar-refractivity contribution in [1.82, 2.24) is 0 Å². The van der Waals surface area contributed by atoms with E-state index in [0.717, 1.165) is 44.9 Å². The molecule has 0 aromatic carbocycles. The van der Waals surface area contributed by atoms with Crippen molar-refractivity contribution in [3.63, 3.8) is 0 Å². The summed E-state index contributed by atoms with van der Waals surface area (Å²) in [7, 11) is 0. The Morgan fingerprint density at radius 1 is 1.03 bits per heavy atom. The molecule has 29 heavy (non-hydrogen) atoms. The smallest absolute Gasteiger partial charge is 0.303 e. The Balaban J connectivity index is 1.61. The molecule has 0 bridgehead atoms. The molecular weight excluding hydrogens is 367 g/mol. The number of carbonyl (C=O) groups is 1. The average molecular weight is 408 g/mol. The molecule has 0 aromatic heterocycles.